The average Bonchev–Trinajstić information content (AvgIpc) is 3.14. The van der Waals surface area contributed by atoms with E-state index in [1.807, 2.05) is 6.92 Å². The molecule has 1 aliphatic rings. The van der Waals surface area contributed by atoms with E-state index in [1.165, 1.54) is 26.0 Å². The third kappa shape index (κ3) is 3.65. The van der Waals surface area contributed by atoms with Crippen LogP contribution in [-0.2, 0) is 10.0 Å². The van der Waals surface area contributed by atoms with Crippen molar-refractivity contribution >= 4 is 31.6 Å². The van der Waals surface area contributed by atoms with Crippen molar-refractivity contribution < 1.29 is 13.2 Å². The maximum atomic E-state index is 12.4. The minimum atomic E-state index is -3.64. The van der Waals surface area contributed by atoms with Crippen molar-refractivity contribution in [1.82, 2.24) is 4.72 Å². The zero-order chi connectivity index (χ0) is 14.9. The first kappa shape index (κ1) is 15.6. The molecule has 1 aromatic rings. The Labute approximate surface area is 128 Å². The van der Waals surface area contributed by atoms with Crippen molar-refractivity contribution in [3.05, 3.63) is 16.6 Å². The molecule has 112 valence electrons. The summed E-state index contributed by atoms with van der Waals surface area (Å²) in [5, 5.41) is 0. The number of nitrogens with one attached hydrogen (secondary N) is 1. The zero-order valence-corrected chi connectivity index (χ0v) is 13.9. The van der Waals surface area contributed by atoms with Crippen molar-refractivity contribution in [1.29, 1.82) is 0 Å². The largest absolute Gasteiger partial charge is 0.495 e. The zero-order valence-electron chi connectivity index (χ0n) is 11.5. The molecule has 0 aliphatic heterocycles. The van der Waals surface area contributed by atoms with E-state index in [0.717, 1.165) is 6.42 Å². The molecule has 0 amide bonds. The van der Waals surface area contributed by atoms with Crippen molar-refractivity contribution in [3.8, 4) is 5.75 Å². The predicted octanol–water partition coefficient (Wildman–Crippen LogP) is 2.51. The topological polar surface area (TPSA) is 81.4 Å². The van der Waals surface area contributed by atoms with E-state index < -0.39 is 10.0 Å². The number of hydrogen-bond acceptors (Lipinski definition) is 4. The molecule has 5 nitrogen and oxygen atoms in total. The second kappa shape index (κ2) is 5.91. The molecule has 0 heterocycles. The quantitative estimate of drug-likeness (QED) is 0.761. The monoisotopic (exact) mass is 362 g/mol. The van der Waals surface area contributed by atoms with E-state index in [0.29, 0.717) is 16.1 Å². The Morgan fingerprint density at radius 3 is 2.70 bits per heavy atom. The van der Waals surface area contributed by atoms with Gasteiger partial charge in [0.25, 0.3) is 0 Å². The van der Waals surface area contributed by atoms with E-state index in [4.69, 9.17) is 10.5 Å². The average molecular weight is 363 g/mol. The van der Waals surface area contributed by atoms with Gasteiger partial charge in [-0.05, 0) is 47.3 Å². The normalized spacial score (nSPS) is 16.9. The molecule has 7 heteroatoms. The van der Waals surface area contributed by atoms with E-state index in [9.17, 15) is 8.42 Å². The van der Waals surface area contributed by atoms with Crippen molar-refractivity contribution in [2.24, 2.45) is 5.92 Å². The van der Waals surface area contributed by atoms with Crippen molar-refractivity contribution in [3.63, 3.8) is 0 Å². The molecule has 20 heavy (non-hydrogen) atoms. The second-order valence-corrected chi connectivity index (χ2v) is 7.76. The summed E-state index contributed by atoms with van der Waals surface area (Å²) < 4.78 is 33.3. The van der Waals surface area contributed by atoms with Gasteiger partial charge in [-0.3, -0.25) is 0 Å². The van der Waals surface area contributed by atoms with E-state index in [-0.39, 0.29) is 16.7 Å². The Balaban J connectivity index is 2.25. The van der Waals surface area contributed by atoms with Gasteiger partial charge in [0.05, 0.1) is 7.11 Å². The van der Waals surface area contributed by atoms with Gasteiger partial charge in [-0.1, -0.05) is 12.8 Å². The molecule has 0 aromatic heterocycles. The van der Waals surface area contributed by atoms with Gasteiger partial charge < -0.3 is 10.5 Å². The van der Waals surface area contributed by atoms with Crippen molar-refractivity contribution in [2.75, 3.05) is 12.8 Å². The lowest BCUT2D eigenvalue weighted by molar-refractivity contribution is 0.401. The highest BCUT2D eigenvalue weighted by Gasteiger charge is 2.28. The molecule has 1 aliphatic carbocycles. The first-order valence-electron chi connectivity index (χ1n) is 6.49. The summed E-state index contributed by atoms with van der Waals surface area (Å²) >= 11 is 3.26. The Morgan fingerprint density at radius 1 is 1.50 bits per heavy atom. The molecular formula is C13H19BrN2O3S. The molecule has 1 aromatic carbocycles. The molecule has 3 N–H and O–H groups in total. The van der Waals surface area contributed by atoms with Crippen LogP contribution in [0.2, 0.25) is 0 Å². The van der Waals surface area contributed by atoms with E-state index in [1.54, 1.807) is 6.07 Å². The highest BCUT2D eigenvalue weighted by atomic mass is 79.9. The van der Waals surface area contributed by atoms with Crippen LogP contribution in [0.25, 0.3) is 0 Å². The molecule has 2 rings (SSSR count). The summed E-state index contributed by atoms with van der Waals surface area (Å²) in [7, 11) is -2.20. The lowest BCUT2D eigenvalue weighted by atomic mass is 10.2. The molecule has 1 unspecified atom stereocenters. The number of ether oxygens (including phenoxy) is 1. The van der Waals surface area contributed by atoms with Crippen LogP contribution in [0.4, 0.5) is 5.69 Å². The summed E-state index contributed by atoms with van der Waals surface area (Å²) in [4.78, 5) is 0.0725. The number of anilines is 1. The number of halogens is 1. The smallest absolute Gasteiger partial charge is 0.244 e. The third-order valence-corrected chi connectivity index (χ3v) is 5.61. The highest BCUT2D eigenvalue weighted by molar-refractivity contribution is 9.10. The van der Waals surface area contributed by atoms with Gasteiger partial charge in [0, 0.05) is 16.2 Å². The number of rotatable bonds is 6. The summed E-state index contributed by atoms with van der Waals surface area (Å²) in [5.41, 5.74) is 6.13. The van der Waals surface area contributed by atoms with Gasteiger partial charge in [0.1, 0.15) is 10.6 Å². The van der Waals surface area contributed by atoms with Gasteiger partial charge in [-0.15, -0.1) is 0 Å². The second-order valence-electron chi connectivity index (χ2n) is 5.23. The summed E-state index contributed by atoms with van der Waals surface area (Å²) in [6.45, 7) is 1.88. The third-order valence-electron chi connectivity index (χ3n) is 3.31. The number of hydrogen-bond donors (Lipinski definition) is 2. The minimum absolute atomic E-state index is 0.0725. The number of nitrogens with two attached hydrogens (primary N) is 1. The Bertz CT molecular complexity index is 600. The molecule has 0 saturated heterocycles. The Hall–Kier alpha value is -0.790. The SMILES string of the molecule is COc1cc(Br)c(N)cc1S(=O)(=O)NC(C)CC1CC1. The fourth-order valence-corrected chi connectivity index (χ4v) is 3.91. The van der Waals surface area contributed by atoms with Gasteiger partial charge >= 0.3 is 0 Å². The van der Waals surface area contributed by atoms with Gasteiger partial charge in [-0.25, -0.2) is 13.1 Å². The van der Waals surface area contributed by atoms with Crippen molar-refractivity contribution in [2.45, 2.75) is 37.1 Å². The Kier molecular flexibility index (Phi) is 4.61. The lowest BCUT2D eigenvalue weighted by Crippen LogP contribution is -2.33. The summed E-state index contributed by atoms with van der Waals surface area (Å²) in [6, 6.07) is 2.88. The maximum absolute atomic E-state index is 12.4. The van der Waals surface area contributed by atoms with Crippen LogP contribution in [0.15, 0.2) is 21.5 Å². The Morgan fingerprint density at radius 2 is 2.15 bits per heavy atom. The van der Waals surface area contributed by atoms with Crippen LogP contribution in [0, 0.1) is 5.92 Å². The van der Waals surface area contributed by atoms with Crippen LogP contribution < -0.4 is 15.2 Å². The first-order chi connectivity index (χ1) is 9.33. The maximum Gasteiger partial charge on any atom is 0.244 e. The number of sulfonamides is 1. The standard InChI is InChI=1S/C13H19BrN2O3S/c1-8(5-9-3-4-9)16-20(17,18)13-7-11(15)10(14)6-12(13)19-2/h6-9,16H,3-5,15H2,1-2H3. The number of nitrogen functional groups attached to an aromatic ring is 1. The fourth-order valence-electron chi connectivity index (χ4n) is 2.15. The number of benzene rings is 1. The van der Waals surface area contributed by atoms with Gasteiger partial charge in [0.15, 0.2) is 0 Å². The molecule has 1 saturated carbocycles. The van der Waals surface area contributed by atoms with Crippen LogP contribution in [0.5, 0.6) is 5.75 Å². The van der Waals surface area contributed by atoms with Gasteiger partial charge in [0.2, 0.25) is 10.0 Å². The molecule has 0 spiro atoms. The van der Waals surface area contributed by atoms with E-state index >= 15 is 0 Å². The van der Waals surface area contributed by atoms with Crippen LogP contribution in [0.3, 0.4) is 0 Å². The summed E-state index contributed by atoms with van der Waals surface area (Å²) in [6.07, 6.45) is 3.26. The minimum Gasteiger partial charge on any atom is -0.495 e. The molecule has 0 bridgehead atoms. The highest BCUT2D eigenvalue weighted by Crippen LogP contribution is 2.35. The molecule has 1 atom stereocenters. The molecule has 1 fully saturated rings. The summed E-state index contributed by atoms with van der Waals surface area (Å²) in [5.74, 6) is 0.932. The number of methoxy groups -OCH3 is 1. The van der Waals surface area contributed by atoms with Crippen LogP contribution >= 0.6 is 15.9 Å². The molecular weight excluding hydrogens is 344 g/mol. The molecule has 0 radical (unpaired) electrons. The first-order valence-corrected chi connectivity index (χ1v) is 8.76. The van der Waals surface area contributed by atoms with Crippen LogP contribution in [0.1, 0.15) is 26.2 Å². The van der Waals surface area contributed by atoms with Crippen LogP contribution in [-0.4, -0.2) is 21.6 Å². The lowest BCUT2D eigenvalue weighted by Gasteiger charge is -2.16. The van der Waals surface area contributed by atoms with Gasteiger partial charge in [-0.2, -0.15) is 0 Å². The predicted molar refractivity (Wildman–Crippen MR) is 82.2 cm³/mol. The van der Waals surface area contributed by atoms with E-state index in [2.05, 4.69) is 20.7 Å². The fraction of sp³-hybridized carbons (Fsp3) is 0.538.